The molecule has 13 heavy (non-hydrogen) atoms. The third kappa shape index (κ3) is 2.69. The summed E-state index contributed by atoms with van der Waals surface area (Å²) in [7, 11) is 0. The molecule has 68 valence electrons. The second kappa shape index (κ2) is 4.22. The van der Waals surface area contributed by atoms with Gasteiger partial charge in [-0.25, -0.2) is 4.79 Å². The first-order chi connectivity index (χ1) is 6.13. The van der Waals surface area contributed by atoms with E-state index >= 15 is 0 Å². The van der Waals surface area contributed by atoms with Gasteiger partial charge in [0.25, 0.3) is 0 Å². The number of nitrogens with one attached hydrogen (secondary N) is 1. The highest BCUT2D eigenvalue weighted by Gasteiger charge is 2.04. The summed E-state index contributed by atoms with van der Waals surface area (Å²) < 4.78 is 0.766. The van der Waals surface area contributed by atoms with Gasteiger partial charge in [0.1, 0.15) is 0 Å². The number of aromatic carboxylic acids is 1. The van der Waals surface area contributed by atoms with Crippen molar-refractivity contribution in [3.05, 3.63) is 27.3 Å². The molecule has 0 unspecified atom stereocenters. The van der Waals surface area contributed by atoms with E-state index in [4.69, 9.17) is 5.11 Å². The van der Waals surface area contributed by atoms with E-state index in [0.717, 1.165) is 3.57 Å². The average Bonchev–Trinajstić information content (AvgIpc) is 2.03. The van der Waals surface area contributed by atoms with Crippen LogP contribution in [0.1, 0.15) is 10.4 Å². The molecule has 1 rings (SSSR count). The van der Waals surface area contributed by atoms with Crippen LogP contribution in [0.25, 0.3) is 0 Å². The molecule has 0 radical (unpaired) electrons. The van der Waals surface area contributed by atoms with Crippen LogP contribution >= 0.6 is 22.6 Å². The third-order valence-electron chi connectivity index (χ3n) is 1.37. The summed E-state index contributed by atoms with van der Waals surface area (Å²) in [5, 5.41) is 11.1. The van der Waals surface area contributed by atoms with Crippen LogP contribution in [0.4, 0.5) is 5.69 Å². The van der Waals surface area contributed by atoms with Crippen LogP contribution < -0.4 is 5.32 Å². The highest BCUT2D eigenvalue weighted by atomic mass is 127. The summed E-state index contributed by atoms with van der Waals surface area (Å²) in [5.74, 6) is -1.01. The van der Waals surface area contributed by atoms with Crippen LogP contribution in [0.3, 0.4) is 0 Å². The molecule has 0 aliphatic carbocycles. The topological polar surface area (TPSA) is 66.4 Å². The molecule has 0 bridgehead atoms. The number of carboxylic acids is 1. The smallest absolute Gasteiger partial charge is 0.335 e. The Labute approximate surface area is 88.1 Å². The maximum absolute atomic E-state index is 10.6. The number of amides is 1. The molecule has 1 aromatic carbocycles. The molecule has 1 aromatic rings. The molecule has 1 amide bonds. The van der Waals surface area contributed by atoms with Gasteiger partial charge in [0.15, 0.2) is 0 Å². The standard InChI is InChI=1S/C8H6INO3/c9-6-1-5(8(12)13)2-7(3-6)10-4-11/h1-4H,(H,10,11)(H,12,13). The Morgan fingerprint density at radius 2 is 2.15 bits per heavy atom. The maximum Gasteiger partial charge on any atom is 0.335 e. The molecule has 0 atom stereocenters. The van der Waals surface area contributed by atoms with Gasteiger partial charge < -0.3 is 10.4 Å². The second-order valence-electron chi connectivity index (χ2n) is 2.30. The van der Waals surface area contributed by atoms with Crippen molar-refractivity contribution in [2.24, 2.45) is 0 Å². The molecule has 0 saturated heterocycles. The molecule has 0 aromatic heterocycles. The predicted molar refractivity (Wildman–Crippen MR) is 55.8 cm³/mol. The third-order valence-corrected chi connectivity index (χ3v) is 1.99. The van der Waals surface area contributed by atoms with Crippen LogP contribution in [0, 0.1) is 3.57 Å². The van der Waals surface area contributed by atoms with Crippen LogP contribution in [0.15, 0.2) is 18.2 Å². The van der Waals surface area contributed by atoms with Crippen molar-refractivity contribution in [2.75, 3.05) is 5.32 Å². The number of carbonyl (C=O) groups excluding carboxylic acids is 1. The van der Waals surface area contributed by atoms with Gasteiger partial charge in [0, 0.05) is 9.26 Å². The number of carbonyl (C=O) groups is 2. The van der Waals surface area contributed by atoms with Gasteiger partial charge in [-0.1, -0.05) is 0 Å². The Kier molecular flexibility index (Phi) is 3.24. The highest BCUT2D eigenvalue weighted by Crippen LogP contribution is 2.16. The Bertz CT molecular complexity index is 351. The van der Waals surface area contributed by atoms with Crippen LogP contribution in [0.2, 0.25) is 0 Å². The van der Waals surface area contributed by atoms with Crippen LogP contribution in [-0.4, -0.2) is 17.5 Å². The van der Waals surface area contributed by atoms with Crippen LogP contribution in [0.5, 0.6) is 0 Å². The Hall–Kier alpha value is -1.11. The van der Waals surface area contributed by atoms with E-state index in [-0.39, 0.29) is 5.56 Å². The quantitative estimate of drug-likeness (QED) is 0.656. The van der Waals surface area contributed by atoms with Crippen molar-refractivity contribution in [3.63, 3.8) is 0 Å². The van der Waals surface area contributed by atoms with Crippen molar-refractivity contribution in [2.45, 2.75) is 0 Å². The van der Waals surface area contributed by atoms with Gasteiger partial charge in [-0.05, 0) is 40.8 Å². The minimum absolute atomic E-state index is 0.163. The summed E-state index contributed by atoms with van der Waals surface area (Å²) in [6.45, 7) is 0. The number of hydrogen-bond acceptors (Lipinski definition) is 2. The van der Waals surface area contributed by atoms with Crippen molar-refractivity contribution in [1.82, 2.24) is 0 Å². The van der Waals surface area contributed by atoms with E-state index in [1.807, 2.05) is 22.6 Å². The minimum atomic E-state index is -1.01. The molecule has 0 aliphatic rings. The molecule has 5 heteroatoms. The van der Waals surface area contributed by atoms with Gasteiger partial charge in [0.2, 0.25) is 6.41 Å². The van der Waals surface area contributed by atoms with Crippen molar-refractivity contribution >= 4 is 40.7 Å². The molecular formula is C8H6INO3. The van der Waals surface area contributed by atoms with Gasteiger partial charge in [0.05, 0.1) is 5.56 Å². The number of hydrogen-bond donors (Lipinski definition) is 2. The van der Waals surface area contributed by atoms with E-state index in [2.05, 4.69) is 5.32 Å². The van der Waals surface area contributed by atoms with Gasteiger partial charge in [-0.15, -0.1) is 0 Å². The van der Waals surface area contributed by atoms with Crippen molar-refractivity contribution < 1.29 is 14.7 Å². The lowest BCUT2D eigenvalue weighted by Crippen LogP contribution is -2.00. The zero-order valence-electron chi connectivity index (χ0n) is 6.45. The lowest BCUT2D eigenvalue weighted by atomic mass is 10.2. The fourth-order valence-corrected chi connectivity index (χ4v) is 1.54. The molecule has 0 spiro atoms. The fourth-order valence-electron chi connectivity index (χ4n) is 0.864. The molecular weight excluding hydrogens is 285 g/mol. The van der Waals surface area contributed by atoms with Crippen molar-refractivity contribution in [1.29, 1.82) is 0 Å². The summed E-state index contributed by atoms with van der Waals surface area (Å²) in [6, 6.07) is 4.61. The normalized spacial score (nSPS) is 9.31. The SMILES string of the molecule is O=CNc1cc(I)cc(C(=O)O)c1. The molecule has 0 fully saturated rings. The average molecular weight is 291 g/mol. The largest absolute Gasteiger partial charge is 0.478 e. The lowest BCUT2D eigenvalue weighted by molar-refractivity contribution is -0.105. The monoisotopic (exact) mass is 291 g/mol. The number of benzene rings is 1. The Morgan fingerprint density at radius 1 is 1.46 bits per heavy atom. The van der Waals surface area contributed by atoms with Gasteiger partial charge >= 0.3 is 5.97 Å². The minimum Gasteiger partial charge on any atom is -0.478 e. The molecule has 0 heterocycles. The second-order valence-corrected chi connectivity index (χ2v) is 3.54. The summed E-state index contributed by atoms with van der Waals surface area (Å²) in [4.78, 5) is 20.7. The lowest BCUT2D eigenvalue weighted by Gasteiger charge is -2.01. The maximum atomic E-state index is 10.6. The Balaban J connectivity index is 3.10. The summed E-state index contributed by atoms with van der Waals surface area (Å²) >= 11 is 1.98. The zero-order chi connectivity index (χ0) is 9.84. The molecule has 0 saturated carbocycles. The first-order valence-electron chi connectivity index (χ1n) is 3.37. The van der Waals surface area contributed by atoms with E-state index < -0.39 is 5.97 Å². The van der Waals surface area contributed by atoms with E-state index in [9.17, 15) is 9.59 Å². The number of halogens is 1. The zero-order valence-corrected chi connectivity index (χ0v) is 8.61. The van der Waals surface area contributed by atoms with E-state index in [1.165, 1.54) is 12.1 Å². The van der Waals surface area contributed by atoms with Gasteiger partial charge in [-0.2, -0.15) is 0 Å². The van der Waals surface area contributed by atoms with Crippen LogP contribution in [-0.2, 0) is 4.79 Å². The summed E-state index contributed by atoms with van der Waals surface area (Å²) in [6.07, 6.45) is 0.511. The first kappa shape index (κ1) is 9.97. The first-order valence-corrected chi connectivity index (χ1v) is 4.45. The summed E-state index contributed by atoms with van der Waals surface area (Å²) in [5.41, 5.74) is 0.649. The number of anilines is 1. The fraction of sp³-hybridized carbons (Fsp3) is 0. The number of carboxylic acid groups (broad SMARTS) is 1. The van der Waals surface area contributed by atoms with E-state index in [1.54, 1.807) is 6.07 Å². The molecule has 4 nitrogen and oxygen atoms in total. The Morgan fingerprint density at radius 3 is 2.69 bits per heavy atom. The molecule has 2 N–H and O–H groups in total. The van der Waals surface area contributed by atoms with E-state index in [0.29, 0.717) is 12.1 Å². The highest BCUT2D eigenvalue weighted by molar-refractivity contribution is 14.1. The predicted octanol–water partition coefficient (Wildman–Crippen LogP) is 1.56. The number of rotatable bonds is 3. The molecule has 0 aliphatic heterocycles. The van der Waals surface area contributed by atoms with Crippen molar-refractivity contribution in [3.8, 4) is 0 Å². The van der Waals surface area contributed by atoms with Gasteiger partial charge in [-0.3, -0.25) is 4.79 Å².